The Balaban J connectivity index is 0.00000320. The number of likely N-dealkylation sites (tertiary alicyclic amines) is 1. The van der Waals surface area contributed by atoms with Crippen molar-refractivity contribution >= 4 is 41.5 Å². The van der Waals surface area contributed by atoms with Gasteiger partial charge < -0.3 is 15.4 Å². The molecule has 0 aliphatic carbocycles. The third-order valence-electron chi connectivity index (χ3n) is 6.13. The van der Waals surface area contributed by atoms with Crippen molar-refractivity contribution in [2.45, 2.75) is 44.1 Å². The molecule has 0 amide bonds. The van der Waals surface area contributed by atoms with E-state index in [0.717, 1.165) is 76.1 Å². The summed E-state index contributed by atoms with van der Waals surface area (Å²) in [5.74, 6) is 0.876. The van der Waals surface area contributed by atoms with Gasteiger partial charge in [-0.15, -0.1) is 24.0 Å². The van der Waals surface area contributed by atoms with Crippen LogP contribution in [0.15, 0.2) is 41.4 Å². The summed E-state index contributed by atoms with van der Waals surface area (Å²) in [6.07, 6.45) is 4.16. The lowest BCUT2D eigenvalue weighted by molar-refractivity contribution is 0.0514. The van der Waals surface area contributed by atoms with Gasteiger partial charge in [0.2, 0.25) is 0 Å². The molecule has 2 aliphatic rings. The first-order valence-electron chi connectivity index (χ1n) is 10.7. The van der Waals surface area contributed by atoms with E-state index in [1.165, 1.54) is 11.1 Å². The first-order chi connectivity index (χ1) is 14.0. The number of ether oxygens (including phenoxy) is 1. The number of nitrogens with zero attached hydrogens (tertiary/aromatic N) is 2. The number of rotatable bonds is 6. The van der Waals surface area contributed by atoms with Crippen LogP contribution in [0.4, 0.5) is 0 Å². The average molecular weight is 547 g/mol. The van der Waals surface area contributed by atoms with Gasteiger partial charge in [-0.05, 0) is 44.2 Å². The fourth-order valence-electron chi connectivity index (χ4n) is 4.45. The van der Waals surface area contributed by atoms with Crippen LogP contribution in [-0.4, -0.2) is 63.3 Å². The molecule has 0 aromatic heterocycles. The van der Waals surface area contributed by atoms with Crippen molar-refractivity contribution < 1.29 is 4.74 Å². The molecule has 0 bridgehead atoms. The van der Waals surface area contributed by atoms with E-state index in [1.54, 1.807) is 0 Å². The summed E-state index contributed by atoms with van der Waals surface area (Å²) in [4.78, 5) is 6.96. The molecule has 0 atom stereocenters. The fraction of sp³-hybridized carbons (Fsp3) is 0.609. The second kappa shape index (κ2) is 12.3. The Morgan fingerprint density at radius 3 is 2.53 bits per heavy atom. The number of guanidine groups is 1. The lowest BCUT2D eigenvalue weighted by Crippen LogP contribution is -2.52. The molecule has 0 unspecified atom stereocenters. The molecule has 0 saturated carbocycles. The van der Waals surface area contributed by atoms with Crippen LogP contribution in [0, 0.1) is 0 Å². The monoisotopic (exact) mass is 546 g/mol. The van der Waals surface area contributed by atoms with Crippen LogP contribution in [0.2, 0.25) is 5.02 Å². The second-order valence-electron chi connectivity index (χ2n) is 8.45. The molecular weight excluding hydrogens is 511 g/mol. The maximum absolute atomic E-state index is 6.58. The van der Waals surface area contributed by atoms with Crippen molar-refractivity contribution in [1.29, 1.82) is 0 Å². The van der Waals surface area contributed by atoms with Gasteiger partial charge in [0.15, 0.2) is 5.96 Å². The Morgan fingerprint density at radius 2 is 1.93 bits per heavy atom. The number of nitrogens with one attached hydrogen (secondary N) is 2. The van der Waals surface area contributed by atoms with E-state index < -0.39 is 0 Å². The van der Waals surface area contributed by atoms with E-state index in [1.807, 2.05) is 19.2 Å². The van der Waals surface area contributed by atoms with E-state index in [9.17, 15) is 0 Å². The largest absolute Gasteiger partial charge is 0.381 e. The Hall–Kier alpha value is -0.830. The summed E-state index contributed by atoms with van der Waals surface area (Å²) in [6, 6.07) is 8.66. The van der Waals surface area contributed by atoms with Gasteiger partial charge in [0.1, 0.15) is 0 Å². The molecule has 1 aromatic carbocycles. The summed E-state index contributed by atoms with van der Waals surface area (Å²) < 4.78 is 5.65. The zero-order valence-corrected chi connectivity index (χ0v) is 21.3. The number of benzene rings is 1. The Labute approximate surface area is 203 Å². The predicted molar refractivity (Wildman–Crippen MR) is 137 cm³/mol. The van der Waals surface area contributed by atoms with Crippen molar-refractivity contribution in [2.24, 2.45) is 4.99 Å². The van der Waals surface area contributed by atoms with Crippen LogP contribution in [0.25, 0.3) is 0 Å². The van der Waals surface area contributed by atoms with Crippen LogP contribution in [0.5, 0.6) is 0 Å². The van der Waals surface area contributed by atoms with Crippen LogP contribution < -0.4 is 10.6 Å². The van der Waals surface area contributed by atoms with Gasteiger partial charge in [-0.1, -0.05) is 42.0 Å². The molecule has 2 aliphatic heterocycles. The molecule has 1 aromatic rings. The first-order valence-corrected chi connectivity index (χ1v) is 11.1. The number of halogens is 2. The Morgan fingerprint density at radius 1 is 1.27 bits per heavy atom. The molecule has 5 nitrogen and oxygen atoms in total. The summed E-state index contributed by atoms with van der Waals surface area (Å²) in [5.41, 5.74) is 2.41. The van der Waals surface area contributed by atoms with Gasteiger partial charge in [0.25, 0.3) is 0 Å². The van der Waals surface area contributed by atoms with E-state index in [-0.39, 0.29) is 29.4 Å². The second-order valence-corrected chi connectivity index (χ2v) is 8.86. The molecule has 2 saturated heterocycles. The van der Waals surface area contributed by atoms with E-state index in [0.29, 0.717) is 6.04 Å². The fourth-order valence-corrected chi connectivity index (χ4v) is 4.79. The van der Waals surface area contributed by atoms with Gasteiger partial charge >= 0.3 is 0 Å². The molecule has 0 radical (unpaired) electrons. The van der Waals surface area contributed by atoms with Crippen LogP contribution in [-0.2, 0) is 10.2 Å². The summed E-state index contributed by atoms with van der Waals surface area (Å²) in [5, 5.41) is 8.06. The first kappa shape index (κ1) is 25.4. The van der Waals surface area contributed by atoms with Gasteiger partial charge in [0, 0.05) is 62.9 Å². The molecule has 30 heavy (non-hydrogen) atoms. The molecule has 2 N–H and O–H groups in total. The number of piperidine rings is 1. The molecule has 2 fully saturated rings. The third-order valence-corrected chi connectivity index (χ3v) is 6.46. The van der Waals surface area contributed by atoms with Crippen LogP contribution in [0.3, 0.4) is 0 Å². The highest BCUT2D eigenvalue weighted by Gasteiger charge is 2.36. The SMILES string of the molecule is C=C(C)CN1CCC(NC(=NC)NCC2(c3ccccc3Cl)CCOCC2)CC1.I. The van der Waals surface area contributed by atoms with E-state index >= 15 is 0 Å². The maximum atomic E-state index is 6.58. The van der Waals surface area contributed by atoms with Crippen molar-refractivity contribution in [3.8, 4) is 0 Å². The highest BCUT2D eigenvalue weighted by molar-refractivity contribution is 14.0. The molecule has 168 valence electrons. The smallest absolute Gasteiger partial charge is 0.191 e. The lowest BCUT2D eigenvalue weighted by Gasteiger charge is -2.39. The minimum atomic E-state index is -0.0287. The van der Waals surface area contributed by atoms with Gasteiger partial charge in [0.05, 0.1) is 0 Å². The molecular formula is C23H36ClIN4O. The molecule has 0 spiro atoms. The molecule has 2 heterocycles. The molecule has 3 rings (SSSR count). The van der Waals surface area contributed by atoms with Crippen molar-refractivity contribution in [3.05, 3.63) is 47.0 Å². The number of hydrogen-bond donors (Lipinski definition) is 2. The maximum Gasteiger partial charge on any atom is 0.191 e. The topological polar surface area (TPSA) is 48.9 Å². The minimum absolute atomic E-state index is 0. The summed E-state index contributed by atoms with van der Waals surface area (Å²) in [7, 11) is 1.84. The van der Waals surface area contributed by atoms with Crippen molar-refractivity contribution in [2.75, 3.05) is 46.4 Å². The number of hydrogen-bond acceptors (Lipinski definition) is 3. The molecule has 7 heteroatoms. The van der Waals surface area contributed by atoms with Gasteiger partial charge in [-0.25, -0.2) is 0 Å². The third kappa shape index (κ3) is 6.84. The standard InChI is InChI=1S/C23H35ClN4O.HI/c1-18(2)16-28-12-8-19(9-13-28)27-22(25-3)26-17-23(10-14-29-15-11-23)20-6-4-5-7-21(20)24;/h4-7,19H,1,8-17H2,2-3H3,(H2,25,26,27);1H. The van der Waals surface area contributed by atoms with E-state index in [4.69, 9.17) is 16.3 Å². The quantitative estimate of drug-likeness (QED) is 0.243. The number of aliphatic imine (C=N–C) groups is 1. The zero-order valence-electron chi connectivity index (χ0n) is 18.3. The predicted octanol–water partition coefficient (Wildman–Crippen LogP) is 4.21. The minimum Gasteiger partial charge on any atom is -0.381 e. The van der Waals surface area contributed by atoms with Crippen LogP contribution >= 0.6 is 35.6 Å². The van der Waals surface area contributed by atoms with Crippen LogP contribution in [0.1, 0.15) is 38.2 Å². The van der Waals surface area contributed by atoms with Gasteiger partial charge in [-0.3, -0.25) is 9.89 Å². The average Bonchev–Trinajstić information content (AvgIpc) is 2.73. The zero-order chi connectivity index (χ0) is 20.7. The highest BCUT2D eigenvalue weighted by Crippen LogP contribution is 2.38. The lowest BCUT2D eigenvalue weighted by atomic mass is 9.74. The Kier molecular flexibility index (Phi) is 10.4. The highest BCUT2D eigenvalue weighted by atomic mass is 127. The summed E-state index contributed by atoms with van der Waals surface area (Å²) in [6.45, 7) is 11.7. The summed E-state index contributed by atoms with van der Waals surface area (Å²) >= 11 is 6.58. The van der Waals surface area contributed by atoms with E-state index in [2.05, 4.69) is 46.2 Å². The van der Waals surface area contributed by atoms with Crippen molar-refractivity contribution in [1.82, 2.24) is 15.5 Å². The van der Waals surface area contributed by atoms with Crippen molar-refractivity contribution in [3.63, 3.8) is 0 Å². The Bertz CT molecular complexity index is 713. The van der Waals surface area contributed by atoms with Gasteiger partial charge in [-0.2, -0.15) is 0 Å². The normalized spacial score (nSPS) is 20.3.